The van der Waals surface area contributed by atoms with Crippen molar-refractivity contribution in [3.63, 3.8) is 0 Å². The van der Waals surface area contributed by atoms with Crippen LogP contribution in [0.5, 0.6) is 5.75 Å². The molecule has 0 radical (unpaired) electrons. The summed E-state index contributed by atoms with van der Waals surface area (Å²) in [5, 5.41) is 22.6. The van der Waals surface area contributed by atoms with Gasteiger partial charge in [-0.25, -0.2) is 0 Å². The summed E-state index contributed by atoms with van der Waals surface area (Å²) >= 11 is 0. The van der Waals surface area contributed by atoms with Crippen LogP contribution in [0.15, 0.2) is 48.5 Å². The fourth-order valence-corrected chi connectivity index (χ4v) is 2.45. The molecule has 142 valence electrons. The maximum Gasteiger partial charge on any atom is 0.305 e. The second-order valence-corrected chi connectivity index (χ2v) is 5.85. The summed E-state index contributed by atoms with van der Waals surface area (Å²) in [7, 11) is 0. The van der Waals surface area contributed by atoms with Gasteiger partial charge in [0, 0.05) is 17.7 Å². The lowest BCUT2D eigenvalue weighted by atomic mass is 10.0. The van der Waals surface area contributed by atoms with Crippen molar-refractivity contribution in [3.05, 3.63) is 69.8 Å². The minimum absolute atomic E-state index is 0.0856. The Morgan fingerprint density at radius 3 is 2.52 bits per heavy atom. The van der Waals surface area contributed by atoms with Crippen molar-refractivity contribution in [1.29, 1.82) is 0 Å². The topological polar surface area (TPSA) is 119 Å². The predicted molar refractivity (Wildman–Crippen MR) is 97.8 cm³/mol. The third-order valence-electron chi connectivity index (χ3n) is 3.76. The summed E-state index contributed by atoms with van der Waals surface area (Å²) < 4.78 is 5.49. The van der Waals surface area contributed by atoms with E-state index >= 15 is 0 Å². The van der Waals surface area contributed by atoms with Gasteiger partial charge in [-0.15, -0.1) is 0 Å². The van der Waals surface area contributed by atoms with E-state index in [9.17, 15) is 19.7 Å². The molecule has 2 N–H and O–H groups in total. The van der Waals surface area contributed by atoms with Crippen LogP contribution >= 0.6 is 0 Å². The number of non-ortho nitro benzene ring substituents is 1. The van der Waals surface area contributed by atoms with Gasteiger partial charge in [-0.3, -0.25) is 19.7 Å². The Labute approximate surface area is 155 Å². The predicted octanol–water partition coefficient (Wildman–Crippen LogP) is 3.33. The number of carboxylic acids is 1. The van der Waals surface area contributed by atoms with Gasteiger partial charge in [0.05, 0.1) is 24.0 Å². The quantitative estimate of drug-likeness (QED) is 0.515. The molecule has 0 aliphatic heterocycles. The first kappa shape index (κ1) is 19.9. The Morgan fingerprint density at radius 2 is 1.93 bits per heavy atom. The Balaban J connectivity index is 2.18. The Kier molecular flexibility index (Phi) is 6.87. The van der Waals surface area contributed by atoms with Crippen molar-refractivity contribution in [2.75, 3.05) is 6.61 Å². The van der Waals surface area contributed by atoms with E-state index in [1.807, 2.05) is 6.92 Å². The van der Waals surface area contributed by atoms with E-state index in [-0.39, 0.29) is 17.7 Å². The third kappa shape index (κ3) is 5.81. The van der Waals surface area contributed by atoms with Crippen LogP contribution in [0.3, 0.4) is 0 Å². The Morgan fingerprint density at radius 1 is 1.22 bits per heavy atom. The number of hydrogen-bond donors (Lipinski definition) is 2. The molecule has 8 nitrogen and oxygen atoms in total. The molecule has 0 heterocycles. The van der Waals surface area contributed by atoms with Gasteiger partial charge in [-0.2, -0.15) is 0 Å². The lowest BCUT2D eigenvalue weighted by Crippen LogP contribution is -2.30. The minimum atomic E-state index is -1.08. The number of aliphatic carboxylic acids is 1. The lowest BCUT2D eigenvalue weighted by molar-refractivity contribution is -0.384. The van der Waals surface area contributed by atoms with Crippen LogP contribution < -0.4 is 10.1 Å². The van der Waals surface area contributed by atoms with Gasteiger partial charge in [-0.1, -0.05) is 25.1 Å². The zero-order valence-corrected chi connectivity index (χ0v) is 14.8. The van der Waals surface area contributed by atoms with Crippen LogP contribution in [-0.4, -0.2) is 28.5 Å². The van der Waals surface area contributed by atoms with E-state index in [1.165, 1.54) is 18.2 Å². The molecule has 0 saturated heterocycles. The van der Waals surface area contributed by atoms with Gasteiger partial charge in [0.2, 0.25) is 0 Å². The number of benzene rings is 2. The molecule has 0 aromatic heterocycles. The maximum absolute atomic E-state index is 12.4. The van der Waals surface area contributed by atoms with Crippen molar-refractivity contribution in [2.45, 2.75) is 25.8 Å². The highest BCUT2D eigenvalue weighted by Gasteiger charge is 2.20. The summed E-state index contributed by atoms with van der Waals surface area (Å²) in [5.41, 5.74) is 0.470. The van der Waals surface area contributed by atoms with Crippen molar-refractivity contribution in [2.24, 2.45) is 0 Å². The molecule has 0 saturated carbocycles. The van der Waals surface area contributed by atoms with Crippen LogP contribution in [-0.2, 0) is 4.79 Å². The Bertz CT molecular complexity index is 819. The van der Waals surface area contributed by atoms with E-state index in [2.05, 4.69) is 5.32 Å². The van der Waals surface area contributed by atoms with Gasteiger partial charge >= 0.3 is 5.97 Å². The van der Waals surface area contributed by atoms with Crippen molar-refractivity contribution < 1.29 is 24.4 Å². The monoisotopic (exact) mass is 372 g/mol. The molecule has 0 unspecified atom stereocenters. The fourth-order valence-electron chi connectivity index (χ4n) is 2.45. The van der Waals surface area contributed by atoms with Gasteiger partial charge in [0.15, 0.2) is 0 Å². The Hall–Kier alpha value is -3.42. The number of nitro groups is 1. The highest BCUT2D eigenvalue weighted by molar-refractivity contribution is 5.95. The summed E-state index contributed by atoms with van der Waals surface area (Å²) in [6.45, 7) is 2.56. The first-order chi connectivity index (χ1) is 12.9. The fraction of sp³-hybridized carbons (Fsp3) is 0.263. The van der Waals surface area contributed by atoms with E-state index in [1.54, 1.807) is 24.3 Å². The molecule has 27 heavy (non-hydrogen) atoms. The number of hydrogen-bond acceptors (Lipinski definition) is 5. The van der Waals surface area contributed by atoms with Crippen LogP contribution in [0.2, 0.25) is 0 Å². The SMILES string of the molecule is CCCOc1ccc([C@H](CC(=O)O)NC(=O)c2cccc([N+](=O)[O-])c2)cc1. The minimum Gasteiger partial charge on any atom is -0.494 e. The molecule has 0 aliphatic rings. The van der Waals surface area contributed by atoms with Crippen LogP contribution in [0, 0.1) is 10.1 Å². The number of nitrogens with zero attached hydrogens (tertiary/aromatic N) is 1. The second kappa shape index (κ2) is 9.33. The molecule has 2 aromatic rings. The average Bonchev–Trinajstić information content (AvgIpc) is 2.66. The van der Waals surface area contributed by atoms with Crippen molar-refractivity contribution in [1.82, 2.24) is 5.32 Å². The van der Waals surface area contributed by atoms with Gasteiger partial charge in [0.25, 0.3) is 11.6 Å². The van der Waals surface area contributed by atoms with Crippen molar-refractivity contribution >= 4 is 17.6 Å². The molecular formula is C19H20N2O6. The van der Waals surface area contributed by atoms with Crippen LogP contribution in [0.4, 0.5) is 5.69 Å². The molecule has 1 amide bonds. The highest BCUT2D eigenvalue weighted by Crippen LogP contribution is 2.22. The number of ether oxygens (including phenoxy) is 1. The molecule has 2 aromatic carbocycles. The number of carbonyl (C=O) groups is 2. The van der Waals surface area contributed by atoms with E-state index < -0.39 is 22.8 Å². The second-order valence-electron chi connectivity index (χ2n) is 5.85. The van der Waals surface area contributed by atoms with Crippen molar-refractivity contribution in [3.8, 4) is 5.75 Å². The zero-order valence-electron chi connectivity index (χ0n) is 14.8. The smallest absolute Gasteiger partial charge is 0.305 e. The summed E-state index contributed by atoms with van der Waals surface area (Å²) in [5.74, 6) is -1.01. The maximum atomic E-state index is 12.4. The average molecular weight is 372 g/mol. The van der Waals surface area contributed by atoms with E-state index in [4.69, 9.17) is 9.84 Å². The van der Waals surface area contributed by atoms with Crippen LogP contribution in [0.25, 0.3) is 0 Å². The molecule has 0 aliphatic carbocycles. The molecule has 0 bridgehead atoms. The molecule has 1 atom stereocenters. The van der Waals surface area contributed by atoms with E-state index in [0.29, 0.717) is 17.9 Å². The molecule has 0 fully saturated rings. The molecule has 0 spiro atoms. The van der Waals surface area contributed by atoms with Gasteiger partial charge in [0.1, 0.15) is 5.75 Å². The third-order valence-corrected chi connectivity index (χ3v) is 3.76. The molecular weight excluding hydrogens is 352 g/mol. The number of rotatable bonds is 9. The summed E-state index contributed by atoms with van der Waals surface area (Å²) in [4.78, 5) is 33.9. The molecule has 2 rings (SSSR count). The first-order valence-corrected chi connectivity index (χ1v) is 8.40. The molecule has 8 heteroatoms. The normalized spacial score (nSPS) is 11.4. The van der Waals surface area contributed by atoms with Gasteiger partial charge < -0.3 is 15.2 Å². The number of nitrogens with one attached hydrogen (secondary N) is 1. The number of nitro benzene ring substituents is 1. The van der Waals surface area contributed by atoms with Crippen LogP contribution in [0.1, 0.15) is 41.7 Å². The van der Waals surface area contributed by atoms with Gasteiger partial charge in [-0.05, 0) is 30.2 Å². The number of carbonyl (C=O) groups excluding carboxylic acids is 1. The number of amides is 1. The zero-order chi connectivity index (χ0) is 19.8. The summed E-state index contributed by atoms with van der Waals surface area (Å²) in [6, 6.07) is 11.3. The van der Waals surface area contributed by atoms with E-state index in [0.717, 1.165) is 12.5 Å². The highest BCUT2D eigenvalue weighted by atomic mass is 16.6. The largest absolute Gasteiger partial charge is 0.494 e. The lowest BCUT2D eigenvalue weighted by Gasteiger charge is -2.18. The first-order valence-electron chi connectivity index (χ1n) is 8.40. The standard InChI is InChI=1S/C19H20N2O6/c1-2-10-27-16-8-6-13(7-9-16)17(12-18(22)23)20-19(24)14-4-3-5-15(11-14)21(25)26/h3-9,11,17H,2,10,12H2,1H3,(H,20,24)(H,22,23)/t17-/m0/s1. The number of carboxylic acid groups (broad SMARTS) is 1. The summed E-state index contributed by atoms with van der Waals surface area (Å²) in [6.07, 6.45) is 0.540.